The molecule has 0 aliphatic carbocycles. The summed E-state index contributed by atoms with van der Waals surface area (Å²) in [4.78, 5) is 15.1. The predicted molar refractivity (Wildman–Crippen MR) is 94.3 cm³/mol. The largest absolute Gasteiger partial charge is 0.497 e. The van der Waals surface area contributed by atoms with Gasteiger partial charge in [-0.25, -0.2) is 4.98 Å². The molecule has 25 heavy (non-hydrogen) atoms. The van der Waals surface area contributed by atoms with E-state index in [1.807, 2.05) is 18.2 Å². The third kappa shape index (κ3) is 2.59. The highest BCUT2D eigenvalue weighted by Gasteiger charge is 2.13. The lowest BCUT2D eigenvalue weighted by Gasteiger charge is -2.09. The summed E-state index contributed by atoms with van der Waals surface area (Å²) < 4.78 is 5.27. The van der Waals surface area contributed by atoms with E-state index in [4.69, 9.17) is 4.74 Å². The Bertz CT molecular complexity index is 1110. The number of benzene rings is 2. The van der Waals surface area contributed by atoms with Crippen LogP contribution >= 0.6 is 0 Å². The number of aromatic nitrogens is 3. The number of nitrogens with zero attached hydrogens (tertiary/aromatic N) is 3. The highest BCUT2D eigenvalue weighted by Crippen LogP contribution is 2.32. The van der Waals surface area contributed by atoms with Crippen LogP contribution in [0, 0.1) is 10.1 Å². The van der Waals surface area contributed by atoms with E-state index in [0.29, 0.717) is 17.0 Å². The van der Waals surface area contributed by atoms with Gasteiger partial charge in [-0.05, 0) is 24.3 Å². The SMILES string of the molecule is COc1ccc2nc(Nc3cccc([N+](=O)[O-])c3)c3[nH]ncc3c2c1. The molecule has 2 N–H and O–H groups in total. The molecule has 2 heterocycles. The lowest BCUT2D eigenvalue weighted by molar-refractivity contribution is -0.384. The standard InChI is InChI=1S/C17H13N5O3/c1-25-12-5-6-15-13(8-12)14-9-18-21-16(14)17(20-15)19-10-3-2-4-11(7-10)22(23)24/h2-9H,1H3,(H,18,21)(H,19,20). The fraction of sp³-hybridized carbons (Fsp3) is 0.0588. The number of rotatable bonds is 4. The zero-order valence-electron chi connectivity index (χ0n) is 13.2. The number of pyridine rings is 1. The molecule has 0 atom stereocenters. The van der Waals surface area contributed by atoms with Gasteiger partial charge in [-0.3, -0.25) is 15.2 Å². The zero-order chi connectivity index (χ0) is 17.4. The van der Waals surface area contributed by atoms with E-state index >= 15 is 0 Å². The number of anilines is 2. The predicted octanol–water partition coefficient (Wildman–Crippen LogP) is 3.77. The summed E-state index contributed by atoms with van der Waals surface area (Å²) in [6.07, 6.45) is 1.72. The molecule has 0 saturated carbocycles. The molecule has 0 aliphatic rings. The number of H-pyrrole nitrogens is 1. The quantitative estimate of drug-likeness (QED) is 0.434. The van der Waals surface area contributed by atoms with Crippen LogP contribution in [0.4, 0.5) is 17.2 Å². The van der Waals surface area contributed by atoms with Gasteiger partial charge in [0.1, 0.15) is 11.3 Å². The molecule has 0 amide bonds. The number of ether oxygens (including phenoxy) is 1. The first-order valence-electron chi connectivity index (χ1n) is 7.48. The third-order valence-electron chi connectivity index (χ3n) is 3.92. The third-order valence-corrected chi connectivity index (χ3v) is 3.92. The van der Waals surface area contributed by atoms with Crippen molar-refractivity contribution in [2.45, 2.75) is 0 Å². The van der Waals surface area contributed by atoms with Crippen molar-refractivity contribution in [3.63, 3.8) is 0 Å². The van der Waals surface area contributed by atoms with E-state index in [1.165, 1.54) is 12.1 Å². The van der Waals surface area contributed by atoms with Crippen molar-refractivity contribution in [1.29, 1.82) is 0 Å². The monoisotopic (exact) mass is 335 g/mol. The molecule has 2 aromatic heterocycles. The molecule has 0 bridgehead atoms. The van der Waals surface area contributed by atoms with Gasteiger partial charge in [0.05, 0.1) is 23.7 Å². The minimum atomic E-state index is -0.433. The van der Waals surface area contributed by atoms with E-state index in [-0.39, 0.29) is 5.69 Å². The summed E-state index contributed by atoms with van der Waals surface area (Å²) in [6.45, 7) is 0. The summed E-state index contributed by atoms with van der Waals surface area (Å²) in [5.74, 6) is 1.28. The maximum Gasteiger partial charge on any atom is 0.271 e. The number of nitrogens with one attached hydrogen (secondary N) is 2. The van der Waals surface area contributed by atoms with E-state index in [9.17, 15) is 10.1 Å². The molecule has 0 unspecified atom stereocenters. The second-order valence-corrected chi connectivity index (χ2v) is 5.43. The van der Waals surface area contributed by atoms with Crippen LogP contribution in [-0.2, 0) is 0 Å². The molecular weight excluding hydrogens is 322 g/mol. The first-order chi connectivity index (χ1) is 12.2. The van der Waals surface area contributed by atoms with Gasteiger partial charge in [0, 0.05) is 28.6 Å². The van der Waals surface area contributed by atoms with Gasteiger partial charge in [0.25, 0.3) is 5.69 Å². The van der Waals surface area contributed by atoms with Crippen molar-refractivity contribution >= 4 is 39.0 Å². The Labute approximate surface area is 141 Å². The van der Waals surface area contributed by atoms with Crippen LogP contribution in [0.1, 0.15) is 0 Å². The van der Waals surface area contributed by atoms with E-state index in [2.05, 4.69) is 20.5 Å². The Hall–Kier alpha value is -3.68. The number of aromatic amines is 1. The molecule has 2 aromatic carbocycles. The zero-order valence-corrected chi connectivity index (χ0v) is 13.2. The van der Waals surface area contributed by atoms with Gasteiger partial charge in [-0.15, -0.1) is 0 Å². The lowest BCUT2D eigenvalue weighted by Crippen LogP contribution is -1.97. The van der Waals surface area contributed by atoms with Crippen LogP contribution in [0.25, 0.3) is 21.8 Å². The second-order valence-electron chi connectivity index (χ2n) is 5.43. The molecule has 8 nitrogen and oxygen atoms in total. The average Bonchev–Trinajstić information content (AvgIpc) is 3.12. The maximum atomic E-state index is 10.9. The lowest BCUT2D eigenvalue weighted by atomic mass is 10.1. The van der Waals surface area contributed by atoms with Crippen LogP contribution in [0.3, 0.4) is 0 Å². The van der Waals surface area contributed by atoms with Crippen LogP contribution in [-0.4, -0.2) is 27.2 Å². The minimum absolute atomic E-state index is 0.0105. The highest BCUT2D eigenvalue weighted by atomic mass is 16.6. The van der Waals surface area contributed by atoms with Gasteiger partial charge in [0.15, 0.2) is 5.82 Å². The van der Waals surface area contributed by atoms with Crippen LogP contribution in [0.5, 0.6) is 5.75 Å². The summed E-state index contributed by atoms with van der Waals surface area (Å²) in [5, 5.41) is 22.9. The Balaban J connectivity index is 1.85. The van der Waals surface area contributed by atoms with Gasteiger partial charge in [0.2, 0.25) is 0 Å². The number of hydrogen-bond donors (Lipinski definition) is 2. The van der Waals surface area contributed by atoms with Crippen molar-refractivity contribution in [3.05, 3.63) is 58.8 Å². The topological polar surface area (TPSA) is 106 Å². The summed E-state index contributed by atoms with van der Waals surface area (Å²) in [7, 11) is 1.61. The Morgan fingerprint density at radius 1 is 1.20 bits per heavy atom. The number of methoxy groups -OCH3 is 1. The average molecular weight is 335 g/mol. The van der Waals surface area contributed by atoms with Crippen LogP contribution in [0.15, 0.2) is 48.7 Å². The number of non-ortho nitro benzene ring substituents is 1. The smallest absolute Gasteiger partial charge is 0.271 e. The molecule has 124 valence electrons. The number of nitro benzene ring substituents is 1. The van der Waals surface area contributed by atoms with Gasteiger partial charge in [-0.2, -0.15) is 5.10 Å². The molecule has 4 aromatic rings. The minimum Gasteiger partial charge on any atom is -0.497 e. The van der Waals surface area contributed by atoms with Crippen molar-refractivity contribution in [2.24, 2.45) is 0 Å². The van der Waals surface area contributed by atoms with Crippen LogP contribution < -0.4 is 10.1 Å². The normalized spacial score (nSPS) is 10.9. The van der Waals surface area contributed by atoms with Crippen molar-refractivity contribution < 1.29 is 9.66 Å². The van der Waals surface area contributed by atoms with Crippen molar-refractivity contribution in [1.82, 2.24) is 15.2 Å². The highest BCUT2D eigenvalue weighted by molar-refractivity contribution is 6.09. The molecule has 0 fully saturated rings. The summed E-state index contributed by atoms with van der Waals surface area (Å²) in [5.41, 5.74) is 2.07. The number of fused-ring (bicyclic) bond motifs is 3. The molecular formula is C17H13N5O3. The summed E-state index contributed by atoms with van der Waals surface area (Å²) >= 11 is 0. The fourth-order valence-electron chi connectivity index (χ4n) is 2.73. The van der Waals surface area contributed by atoms with Crippen LogP contribution in [0.2, 0.25) is 0 Å². The molecule has 8 heteroatoms. The molecule has 0 saturated heterocycles. The Morgan fingerprint density at radius 3 is 2.88 bits per heavy atom. The molecule has 0 radical (unpaired) electrons. The van der Waals surface area contributed by atoms with Crippen molar-refractivity contribution in [3.8, 4) is 5.75 Å². The Kier molecular flexibility index (Phi) is 3.42. The first-order valence-corrected chi connectivity index (χ1v) is 7.48. The van der Waals surface area contributed by atoms with Gasteiger partial charge < -0.3 is 10.1 Å². The van der Waals surface area contributed by atoms with Crippen molar-refractivity contribution in [2.75, 3.05) is 12.4 Å². The Morgan fingerprint density at radius 2 is 2.08 bits per heavy atom. The molecule has 0 spiro atoms. The van der Waals surface area contributed by atoms with E-state index in [0.717, 1.165) is 22.0 Å². The molecule has 4 rings (SSSR count). The van der Waals surface area contributed by atoms with Gasteiger partial charge >= 0.3 is 0 Å². The van der Waals surface area contributed by atoms with E-state index < -0.39 is 4.92 Å². The fourth-order valence-corrected chi connectivity index (χ4v) is 2.73. The summed E-state index contributed by atoms with van der Waals surface area (Å²) in [6, 6.07) is 11.9. The molecule has 0 aliphatic heterocycles. The van der Waals surface area contributed by atoms with Gasteiger partial charge in [-0.1, -0.05) is 6.07 Å². The first kappa shape index (κ1) is 14.9. The number of nitro groups is 1. The van der Waals surface area contributed by atoms with E-state index in [1.54, 1.807) is 25.4 Å². The maximum absolute atomic E-state index is 10.9. The second kappa shape index (κ2) is 5.75. The number of hydrogen-bond acceptors (Lipinski definition) is 6.